The highest BCUT2D eigenvalue weighted by Crippen LogP contribution is 2.38. The first kappa shape index (κ1) is 91.0. The second-order valence-corrected chi connectivity index (χ2v) is 44.9. The number of ether oxygens (including phenoxy) is 2. The number of carbonyl (C=O) groups is 6. The average Bonchev–Trinajstić information content (AvgIpc) is 0.852. The summed E-state index contributed by atoms with van der Waals surface area (Å²) in [6.45, 7) is 38.0. The van der Waals surface area contributed by atoms with Crippen LogP contribution in [0.5, 0.6) is 0 Å². The Labute approximate surface area is 630 Å². The van der Waals surface area contributed by atoms with Crippen LogP contribution in [0.15, 0.2) is 194 Å². The first-order valence-corrected chi connectivity index (χ1v) is 45.0. The number of nitrogens with one attached hydrogen (secondary N) is 1. The molecule has 0 saturated heterocycles. The number of aliphatic hydroxyl groups is 1. The number of rotatable bonds is 31. The predicted octanol–water partition coefficient (Wildman–Crippen LogP) is 17.6. The third kappa shape index (κ3) is 35.2. The Balaban J connectivity index is 0.000000359. The number of hydrogen-bond acceptors (Lipinski definition) is 13. The molecule has 0 aliphatic heterocycles. The lowest BCUT2D eigenvalue weighted by atomic mass is 10.1. The molecule has 0 aliphatic carbocycles. The Kier molecular flexibility index (Phi) is 39.9. The summed E-state index contributed by atoms with van der Waals surface area (Å²) in [5.41, 5.74) is 10.1. The van der Waals surface area contributed by atoms with Gasteiger partial charge >= 0.3 is 17.9 Å². The topological polar surface area (TPSA) is 228 Å². The molecule has 572 valence electrons. The number of unbranched alkanes of at least 4 members (excludes halogenated alkanes) is 2. The van der Waals surface area contributed by atoms with Crippen LogP contribution in [0, 0.1) is 0 Å². The Bertz CT molecular complexity index is 3490. The molecule has 0 radical (unpaired) electrons. The molecule has 0 unspecified atom stereocenters. The maximum absolute atomic E-state index is 13.1. The number of aryl methyl sites for hydroxylation is 2. The summed E-state index contributed by atoms with van der Waals surface area (Å²) in [6.07, 6.45) is 7.10. The summed E-state index contributed by atoms with van der Waals surface area (Å²) < 4.78 is 28.0. The molecule has 7 aromatic carbocycles. The van der Waals surface area contributed by atoms with Crippen LogP contribution in [0.1, 0.15) is 158 Å². The minimum absolute atomic E-state index is 0.00189. The highest BCUT2D eigenvalue weighted by atomic mass is 28.4. The SMILES string of the molecule is CC(C)(C)[Si](C)(C)OCCCCc1ccccc1.CC(C)(C)[Si](C)(C)OCCN(Cc1ccccc1)C(=O)Cc1ccc(C(=O)NO)cc1.COC(=O)c1ccc(CC(=O)N(CCO[Si](C)(C)C(C)(C)C)Cc2ccccc2)cc1.COC(=O)c1ccc(CC(=O)O)cc1.OCCCCc1ccccc1. The van der Waals surface area contributed by atoms with E-state index in [-0.39, 0.29) is 47.1 Å². The van der Waals surface area contributed by atoms with Crippen molar-refractivity contribution in [2.45, 2.75) is 188 Å². The second-order valence-electron chi connectivity index (χ2n) is 30.5. The number of amides is 3. The third-order valence-corrected chi connectivity index (χ3v) is 32.8. The van der Waals surface area contributed by atoms with Crippen LogP contribution < -0.4 is 5.48 Å². The highest BCUT2D eigenvalue weighted by molar-refractivity contribution is 6.74. The van der Waals surface area contributed by atoms with Gasteiger partial charge in [0.05, 0.1) is 57.8 Å². The molecular weight excluding hydrogens is 1370 g/mol. The van der Waals surface area contributed by atoms with Crippen LogP contribution in [0.2, 0.25) is 54.4 Å². The Morgan fingerprint density at radius 3 is 0.971 bits per heavy atom. The first-order valence-electron chi connectivity index (χ1n) is 36.3. The Hall–Kier alpha value is -8.19. The monoisotopic (exact) mass is 1490 g/mol. The minimum Gasteiger partial charge on any atom is -0.481 e. The van der Waals surface area contributed by atoms with E-state index in [1.54, 1.807) is 78.3 Å². The minimum atomic E-state index is -1.89. The molecule has 7 aromatic rings. The summed E-state index contributed by atoms with van der Waals surface area (Å²) in [5.74, 6) is -2.24. The van der Waals surface area contributed by atoms with E-state index in [0.29, 0.717) is 73.3 Å². The molecule has 0 atom stereocenters. The Morgan fingerprint density at radius 2 is 0.676 bits per heavy atom. The van der Waals surface area contributed by atoms with E-state index in [9.17, 15) is 28.8 Å². The van der Waals surface area contributed by atoms with Gasteiger partial charge in [-0.25, -0.2) is 15.1 Å². The van der Waals surface area contributed by atoms with E-state index in [1.165, 1.54) is 44.6 Å². The summed E-state index contributed by atoms with van der Waals surface area (Å²) in [7, 11) is -2.65. The molecule has 0 bridgehead atoms. The van der Waals surface area contributed by atoms with Crippen molar-refractivity contribution in [1.29, 1.82) is 0 Å². The summed E-state index contributed by atoms with van der Waals surface area (Å²) in [4.78, 5) is 74.4. The smallest absolute Gasteiger partial charge is 0.337 e. The number of carbonyl (C=O) groups excluding carboxylic acids is 5. The van der Waals surface area contributed by atoms with Gasteiger partial charge in [-0.15, -0.1) is 0 Å². The third-order valence-electron chi connectivity index (χ3n) is 19.2. The fraction of sp³-hybridized carbons (Fsp3) is 0.435. The number of aliphatic carboxylic acids is 1. The molecule has 0 spiro atoms. The fourth-order valence-electron chi connectivity index (χ4n) is 9.49. The number of methoxy groups -OCH3 is 2. The first-order chi connectivity index (χ1) is 49.5. The lowest BCUT2D eigenvalue weighted by Crippen LogP contribution is -2.43. The van der Waals surface area contributed by atoms with Crippen molar-refractivity contribution in [2.75, 3.05) is 53.7 Å². The zero-order valence-corrected chi connectivity index (χ0v) is 68.7. The van der Waals surface area contributed by atoms with Crippen LogP contribution in [-0.2, 0) is 82.3 Å². The number of aliphatic hydroxyl groups excluding tert-OH is 1. The van der Waals surface area contributed by atoms with Gasteiger partial charge < -0.3 is 42.8 Å². The van der Waals surface area contributed by atoms with Crippen LogP contribution in [0.3, 0.4) is 0 Å². The molecule has 17 nitrogen and oxygen atoms in total. The maximum Gasteiger partial charge on any atom is 0.337 e. The quantitative estimate of drug-likeness (QED) is 0.0104. The van der Waals surface area contributed by atoms with Crippen molar-refractivity contribution >= 4 is 60.6 Å². The number of esters is 2. The number of nitrogens with zero attached hydrogens (tertiary/aromatic N) is 2. The van der Waals surface area contributed by atoms with Gasteiger partial charge in [-0.3, -0.25) is 24.4 Å². The number of hydroxylamine groups is 1. The number of benzene rings is 7. The largest absolute Gasteiger partial charge is 0.481 e. The van der Waals surface area contributed by atoms with Gasteiger partial charge in [-0.2, -0.15) is 0 Å². The molecule has 20 heteroatoms. The Morgan fingerprint density at radius 1 is 0.381 bits per heavy atom. The van der Waals surface area contributed by atoms with Gasteiger partial charge in [0, 0.05) is 45.0 Å². The van der Waals surface area contributed by atoms with Gasteiger partial charge in [0.15, 0.2) is 25.0 Å². The second kappa shape index (κ2) is 46.0. The van der Waals surface area contributed by atoms with E-state index in [2.05, 4.69) is 149 Å². The van der Waals surface area contributed by atoms with Gasteiger partial charge in [0.2, 0.25) is 11.8 Å². The molecule has 0 fully saturated rings. The van der Waals surface area contributed by atoms with Gasteiger partial charge in [0.25, 0.3) is 5.91 Å². The lowest BCUT2D eigenvalue weighted by Gasteiger charge is -2.37. The van der Waals surface area contributed by atoms with Crippen LogP contribution >= 0.6 is 0 Å². The van der Waals surface area contributed by atoms with Gasteiger partial charge in [0.1, 0.15) is 0 Å². The summed E-state index contributed by atoms with van der Waals surface area (Å²) >= 11 is 0. The lowest BCUT2D eigenvalue weighted by molar-refractivity contribution is -0.136. The van der Waals surface area contributed by atoms with Crippen LogP contribution in [0.25, 0.3) is 0 Å². The van der Waals surface area contributed by atoms with E-state index in [1.807, 2.05) is 88.7 Å². The fourth-order valence-corrected chi connectivity index (χ4v) is 12.6. The molecule has 0 heterocycles. The van der Waals surface area contributed by atoms with E-state index < -0.39 is 42.8 Å². The van der Waals surface area contributed by atoms with E-state index >= 15 is 0 Å². The molecule has 4 N–H and O–H groups in total. The molecule has 0 aliphatic rings. The summed E-state index contributed by atoms with van der Waals surface area (Å²) in [6, 6.07) is 60.9. The molecule has 7 rings (SSSR count). The average molecular weight is 1490 g/mol. The number of carboxylic acid groups (broad SMARTS) is 1. The molecule has 0 aromatic heterocycles. The molecule has 3 amide bonds. The van der Waals surface area contributed by atoms with Gasteiger partial charge in [-0.1, -0.05) is 220 Å². The summed E-state index contributed by atoms with van der Waals surface area (Å²) in [5, 5.41) is 26.3. The highest BCUT2D eigenvalue weighted by Gasteiger charge is 2.39. The normalized spacial score (nSPS) is 11.5. The molecule has 105 heavy (non-hydrogen) atoms. The van der Waals surface area contributed by atoms with E-state index in [4.69, 9.17) is 33.4 Å². The number of carboxylic acids is 1. The van der Waals surface area contributed by atoms with Crippen molar-refractivity contribution < 1.29 is 66.9 Å². The number of hydrogen-bond donors (Lipinski definition) is 4. The van der Waals surface area contributed by atoms with E-state index in [0.717, 1.165) is 48.1 Å². The van der Waals surface area contributed by atoms with Crippen LogP contribution in [-0.4, -0.2) is 140 Å². The van der Waals surface area contributed by atoms with Crippen molar-refractivity contribution in [3.05, 3.63) is 250 Å². The predicted molar refractivity (Wildman–Crippen MR) is 429 cm³/mol. The van der Waals surface area contributed by atoms with Crippen LogP contribution in [0.4, 0.5) is 0 Å². The van der Waals surface area contributed by atoms with Crippen molar-refractivity contribution in [3.63, 3.8) is 0 Å². The molecular formula is C85H121N3O14Si3. The van der Waals surface area contributed by atoms with Crippen molar-refractivity contribution in [2.24, 2.45) is 0 Å². The maximum atomic E-state index is 13.1. The zero-order chi connectivity index (χ0) is 78.3. The van der Waals surface area contributed by atoms with Crippen molar-refractivity contribution in [3.8, 4) is 0 Å². The molecule has 0 saturated carbocycles. The van der Waals surface area contributed by atoms with Gasteiger partial charge in [-0.05, 0) is 168 Å². The van der Waals surface area contributed by atoms with Crippen molar-refractivity contribution in [1.82, 2.24) is 15.3 Å². The standard InChI is InChI=1S/C25H35NO4Si.C24H34N2O4Si.C16H28OSi.C10H10O4.C10H14O/c1-25(2,3)31(5,6)30-17-16-26(19-21-10-8-7-9-11-21)23(27)18-20-12-14-22(15-13-20)24(28)29-4;1-24(2,3)31(4,5)30-16-15-26(18-20-9-7-6-8-10-20)22(27)17-19-11-13-21(14-12-19)23(28)25-29;1-16(2,3)18(4,5)17-14-10-9-13-15-11-7-6-8-12-15;1-14-10(13)8-4-2-7(3-5-8)6-9(11)12;11-9-5-4-8-10-6-2-1-3-7-10/h7-15H,16-19H2,1-6H3;6-14,29H,15-18H2,1-5H3,(H,25,28);6-8,11-12H,9-10,13-14H2,1-5H3;2-5H,6H2,1H3,(H,11,12);1-3,6-7,11H,4-5,8-9H2. The zero-order valence-electron chi connectivity index (χ0n) is 65.7.